The molecule has 0 radical (unpaired) electrons. The van der Waals surface area contributed by atoms with Crippen molar-refractivity contribution < 1.29 is 9.90 Å². The van der Waals surface area contributed by atoms with Crippen LogP contribution >= 0.6 is 0 Å². The molecule has 0 amide bonds. The number of hydrogen-bond acceptors (Lipinski definition) is 1. The molecule has 0 spiro atoms. The molecule has 15 heavy (non-hydrogen) atoms. The van der Waals surface area contributed by atoms with Gasteiger partial charge in [-0.25, -0.2) is 0 Å². The molecule has 0 fully saturated rings. The van der Waals surface area contributed by atoms with Crippen molar-refractivity contribution in [3.63, 3.8) is 0 Å². The average Bonchev–Trinajstić information content (AvgIpc) is 2.15. The molecule has 1 aromatic carbocycles. The van der Waals surface area contributed by atoms with Crippen LogP contribution in [0.5, 0.6) is 0 Å². The summed E-state index contributed by atoms with van der Waals surface area (Å²) in [5, 5.41) is 8.86. The van der Waals surface area contributed by atoms with E-state index in [1.807, 2.05) is 24.3 Å². The SMILES string of the molecule is C[C@H](C(=O)O)c1ccc(C(C)(C)C)cc1. The maximum atomic E-state index is 10.8. The summed E-state index contributed by atoms with van der Waals surface area (Å²) in [6.07, 6.45) is 0. The van der Waals surface area contributed by atoms with Gasteiger partial charge in [-0.05, 0) is 23.5 Å². The Morgan fingerprint density at radius 2 is 1.67 bits per heavy atom. The van der Waals surface area contributed by atoms with Gasteiger partial charge in [0.05, 0.1) is 5.92 Å². The van der Waals surface area contributed by atoms with Crippen molar-refractivity contribution in [2.75, 3.05) is 0 Å². The van der Waals surface area contributed by atoms with Crippen LogP contribution in [-0.4, -0.2) is 11.1 Å². The minimum absolute atomic E-state index is 0.116. The number of carbonyl (C=O) groups is 1. The summed E-state index contributed by atoms with van der Waals surface area (Å²) in [6, 6.07) is 7.82. The monoisotopic (exact) mass is 206 g/mol. The van der Waals surface area contributed by atoms with Crippen molar-refractivity contribution in [1.29, 1.82) is 0 Å². The third kappa shape index (κ3) is 2.82. The third-order valence-corrected chi connectivity index (χ3v) is 2.65. The molecule has 0 aliphatic carbocycles. The third-order valence-electron chi connectivity index (χ3n) is 2.65. The molecule has 1 aromatic rings. The largest absolute Gasteiger partial charge is 0.481 e. The summed E-state index contributed by atoms with van der Waals surface area (Å²) in [5.74, 6) is -1.21. The normalized spacial score (nSPS) is 13.6. The smallest absolute Gasteiger partial charge is 0.310 e. The molecule has 0 saturated carbocycles. The first kappa shape index (κ1) is 11.8. The number of rotatable bonds is 2. The molecule has 1 atom stereocenters. The summed E-state index contributed by atoms with van der Waals surface area (Å²) < 4.78 is 0. The van der Waals surface area contributed by atoms with Crippen LogP contribution in [0.3, 0.4) is 0 Å². The van der Waals surface area contributed by atoms with Gasteiger partial charge in [0.1, 0.15) is 0 Å². The zero-order valence-corrected chi connectivity index (χ0v) is 9.74. The van der Waals surface area contributed by atoms with Gasteiger partial charge in [0.2, 0.25) is 0 Å². The van der Waals surface area contributed by atoms with Gasteiger partial charge in [0.15, 0.2) is 0 Å². The Bertz CT molecular complexity index is 344. The molecule has 2 heteroatoms. The first-order valence-corrected chi connectivity index (χ1v) is 5.15. The highest BCUT2D eigenvalue weighted by Crippen LogP contribution is 2.24. The second kappa shape index (κ2) is 4.05. The van der Waals surface area contributed by atoms with Crippen molar-refractivity contribution in [2.24, 2.45) is 0 Å². The fourth-order valence-corrected chi connectivity index (χ4v) is 1.41. The van der Waals surface area contributed by atoms with Gasteiger partial charge in [-0.2, -0.15) is 0 Å². The van der Waals surface area contributed by atoms with E-state index in [0.717, 1.165) is 5.56 Å². The number of carboxylic acids is 1. The van der Waals surface area contributed by atoms with E-state index in [4.69, 9.17) is 5.11 Å². The first-order chi connectivity index (χ1) is 6.82. The summed E-state index contributed by atoms with van der Waals surface area (Å²) in [6.45, 7) is 8.13. The number of carboxylic acid groups (broad SMARTS) is 1. The van der Waals surface area contributed by atoms with Gasteiger partial charge in [-0.3, -0.25) is 4.79 Å². The molecule has 0 aromatic heterocycles. The molecular formula is C13H18O2. The lowest BCUT2D eigenvalue weighted by Crippen LogP contribution is -2.12. The van der Waals surface area contributed by atoms with Crippen LogP contribution in [0.4, 0.5) is 0 Å². The van der Waals surface area contributed by atoms with Crippen LogP contribution in [-0.2, 0) is 10.2 Å². The second-order valence-electron chi connectivity index (χ2n) is 4.93. The minimum Gasteiger partial charge on any atom is -0.481 e. The second-order valence-corrected chi connectivity index (χ2v) is 4.93. The molecule has 1 N–H and O–H groups in total. The van der Waals surface area contributed by atoms with Crippen molar-refractivity contribution in [1.82, 2.24) is 0 Å². The van der Waals surface area contributed by atoms with Gasteiger partial charge < -0.3 is 5.11 Å². The average molecular weight is 206 g/mol. The highest BCUT2D eigenvalue weighted by molar-refractivity contribution is 5.75. The minimum atomic E-state index is -0.779. The van der Waals surface area contributed by atoms with Crippen molar-refractivity contribution in [3.8, 4) is 0 Å². The summed E-state index contributed by atoms with van der Waals surface area (Å²) >= 11 is 0. The van der Waals surface area contributed by atoms with E-state index in [2.05, 4.69) is 20.8 Å². The zero-order chi connectivity index (χ0) is 11.6. The number of hydrogen-bond donors (Lipinski definition) is 1. The summed E-state index contributed by atoms with van der Waals surface area (Å²) in [7, 11) is 0. The van der Waals surface area contributed by atoms with Gasteiger partial charge in [-0.15, -0.1) is 0 Å². The van der Waals surface area contributed by atoms with E-state index in [9.17, 15) is 4.79 Å². The highest BCUT2D eigenvalue weighted by atomic mass is 16.4. The lowest BCUT2D eigenvalue weighted by atomic mass is 9.86. The Labute approximate surface area is 90.9 Å². The number of aliphatic carboxylic acids is 1. The molecule has 0 aliphatic heterocycles. The fourth-order valence-electron chi connectivity index (χ4n) is 1.41. The van der Waals surface area contributed by atoms with Crippen LogP contribution in [0.2, 0.25) is 0 Å². The van der Waals surface area contributed by atoms with Crippen LogP contribution in [0.15, 0.2) is 24.3 Å². The zero-order valence-electron chi connectivity index (χ0n) is 9.74. The van der Waals surface area contributed by atoms with E-state index in [-0.39, 0.29) is 5.41 Å². The van der Waals surface area contributed by atoms with Crippen LogP contribution in [0, 0.1) is 0 Å². The van der Waals surface area contributed by atoms with Crippen LogP contribution in [0.25, 0.3) is 0 Å². The predicted octanol–water partition coefficient (Wildman–Crippen LogP) is 3.17. The van der Waals surface area contributed by atoms with Crippen molar-refractivity contribution in [2.45, 2.75) is 39.0 Å². The highest BCUT2D eigenvalue weighted by Gasteiger charge is 2.16. The molecule has 1 rings (SSSR count). The molecule has 0 aliphatic rings. The molecular weight excluding hydrogens is 188 g/mol. The Hall–Kier alpha value is -1.31. The lowest BCUT2D eigenvalue weighted by molar-refractivity contribution is -0.138. The molecule has 0 saturated heterocycles. The fraction of sp³-hybridized carbons (Fsp3) is 0.462. The Morgan fingerprint density at radius 1 is 1.20 bits per heavy atom. The summed E-state index contributed by atoms with van der Waals surface area (Å²) in [4.78, 5) is 10.8. The van der Waals surface area contributed by atoms with E-state index in [0.29, 0.717) is 0 Å². The first-order valence-electron chi connectivity index (χ1n) is 5.15. The summed E-state index contributed by atoms with van der Waals surface area (Å²) in [5.41, 5.74) is 2.20. The van der Waals surface area contributed by atoms with Gasteiger partial charge >= 0.3 is 5.97 Å². The van der Waals surface area contributed by atoms with E-state index in [1.54, 1.807) is 6.92 Å². The molecule has 82 valence electrons. The quantitative estimate of drug-likeness (QED) is 0.807. The van der Waals surface area contributed by atoms with Crippen molar-refractivity contribution in [3.05, 3.63) is 35.4 Å². The van der Waals surface area contributed by atoms with Gasteiger partial charge in [0, 0.05) is 0 Å². The lowest BCUT2D eigenvalue weighted by Gasteiger charge is -2.19. The van der Waals surface area contributed by atoms with E-state index in [1.165, 1.54) is 5.56 Å². The van der Waals surface area contributed by atoms with Crippen LogP contribution < -0.4 is 0 Å². The topological polar surface area (TPSA) is 37.3 Å². The Morgan fingerprint density at radius 3 is 2.00 bits per heavy atom. The van der Waals surface area contributed by atoms with Gasteiger partial charge in [0.25, 0.3) is 0 Å². The predicted molar refractivity (Wildman–Crippen MR) is 61.2 cm³/mol. The molecule has 0 heterocycles. The van der Waals surface area contributed by atoms with Gasteiger partial charge in [-0.1, -0.05) is 45.0 Å². The Balaban J connectivity index is 2.95. The maximum Gasteiger partial charge on any atom is 0.310 e. The number of benzene rings is 1. The molecule has 0 bridgehead atoms. The molecule has 2 nitrogen and oxygen atoms in total. The maximum absolute atomic E-state index is 10.8. The van der Waals surface area contributed by atoms with E-state index >= 15 is 0 Å². The van der Waals surface area contributed by atoms with Crippen LogP contribution in [0.1, 0.15) is 44.7 Å². The Kier molecular flexibility index (Phi) is 3.18. The standard InChI is InChI=1S/C13H18O2/c1-9(12(14)15)10-5-7-11(8-6-10)13(2,3)4/h5-9H,1-4H3,(H,14,15)/t9-/m0/s1. The van der Waals surface area contributed by atoms with E-state index < -0.39 is 11.9 Å². The van der Waals surface area contributed by atoms with Crippen molar-refractivity contribution >= 4 is 5.97 Å². The molecule has 0 unspecified atom stereocenters.